The van der Waals surface area contributed by atoms with Crippen molar-refractivity contribution in [1.82, 2.24) is 19.8 Å². The maximum atomic E-state index is 13.5. The van der Waals surface area contributed by atoms with Crippen molar-refractivity contribution in [3.8, 4) is 22.6 Å². The first-order valence-corrected chi connectivity index (χ1v) is 18.7. The third kappa shape index (κ3) is 9.15. The number of carboxylic acids is 2. The number of methoxy groups -OCH3 is 2. The second kappa shape index (κ2) is 17.7. The van der Waals surface area contributed by atoms with Crippen LogP contribution in [0.1, 0.15) is 68.9 Å². The Hall–Kier alpha value is -5.86. The van der Waals surface area contributed by atoms with Gasteiger partial charge in [0.1, 0.15) is 22.9 Å². The lowest BCUT2D eigenvalue weighted by atomic mass is 9.94. The summed E-state index contributed by atoms with van der Waals surface area (Å²) >= 11 is 0. The number of rotatable bonds is 13. The molecule has 0 atom stereocenters. The van der Waals surface area contributed by atoms with Crippen LogP contribution in [0.2, 0.25) is 0 Å². The van der Waals surface area contributed by atoms with Gasteiger partial charge in [0.05, 0.1) is 26.1 Å². The Bertz CT molecular complexity index is 1960. The second-order valence-electron chi connectivity index (χ2n) is 14.4. The first-order chi connectivity index (χ1) is 26.9. The van der Waals surface area contributed by atoms with Crippen LogP contribution in [-0.4, -0.2) is 94.1 Å². The molecule has 0 radical (unpaired) electrons. The number of ether oxygens (including phenoxy) is 2. The number of pyridine rings is 2. The van der Waals surface area contributed by atoms with Gasteiger partial charge in [-0.1, -0.05) is 24.3 Å². The summed E-state index contributed by atoms with van der Waals surface area (Å²) < 4.78 is 11.2. The van der Waals surface area contributed by atoms with E-state index >= 15 is 0 Å². The Labute approximate surface area is 325 Å². The normalized spacial score (nSPS) is 15.6. The molecule has 0 aliphatic carbocycles. The maximum Gasteiger partial charge on any atom is 0.306 e. The fraction of sp³-hybridized carbons (Fsp3) is 0.381. The third-order valence-corrected chi connectivity index (χ3v) is 10.9. The lowest BCUT2D eigenvalue weighted by molar-refractivity contribution is -0.144. The number of piperidine rings is 2. The van der Waals surface area contributed by atoms with Crippen LogP contribution in [0.3, 0.4) is 0 Å². The van der Waals surface area contributed by atoms with Crippen LogP contribution in [0.5, 0.6) is 11.5 Å². The monoisotopic (exact) mass is 764 g/mol. The second-order valence-corrected chi connectivity index (χ2v) is 14.4. The van der Waals surface area contributed by atoms with Gasteiger partial charge in [-0.15, -0.1) is 0 Å². The number of anilines is 2. The molecule has 2 aliphatic rings. The predicted octanol–water partition coefficient (Wildman–Crippen LogP) is 5.88. The molecule has 294 valence electrons. The Balaban J connectivity index is 1.12. The molecule has 2 amide bonds. The first-order valence-electron chi connectivity index (χ1n) is 18.7. The molecule has 14 heteroatoms. The van der Waals surface area contributed by atoms with Gasteiger partial charge in [0.25, 0.3) is 11.8 Å². The molecule has 0 saturated carbocycles. The number of nitrogens with one attached hydrogen (secondary N) is 2. The summed E-state index contributed by atoms with van der Waals surface area (Å²) in [6.45, 7) is 7.57. The summed E-state index contributed by atoms with van der Waals surface area (Å²) in [5, 5.41) is 24.6. The van der Waals surface area contributed by atoms with Crippen LogP contribution >= 0.6 is 0 Å². The number of nitrogens with zero attached hydrogens (tertiary/aromatic N) is 4. The molecule has 2 fully saturated rings. The fourth-order valence-electron chi connectivity index (χ4n) is 7.45. The average Bonchev–Trinajstić information content (AvgIpc) is 3.20. The largest absolute Gasteiger partial charge is 0.496 e. The molecule has 6 rings (SSSR count). The van der Waals surface area contributed by atoms with Crippen molar-refractivity contribution in [3.05, 3.63) is 94.6 Å². The number of benzene rings is 2. The Kier molecular flexibility index (Phi) is 12.6. The van der Waals surface area contributed by atoms with E-state index in [4.69, 9.17) is 9.47 Å². The summed E-state index contributed by atoms with van der Waals surface area (Å²) in [6, 6.07) is 14.5. The van der Waals surface area contributed by atoms with Gasteiger partial charge < -0.3 is 30.3 Å². The standard InChI is InChI=1S/C42H48N6O8/c1-25-31(7-5-9-33(25)45-39(49)35-19-37(55-3)29(21-43-35)23-47-15-11-27(12-16-47)41(51)52)32-8-6-10-34(26(32)2)46-40(50)36-20-38(56-4)30(22-44-36)24-48-17-13-28(14-18-48)42(53)54/h5-10,19-22,27-28H,11-18,23-24H2,1-4H3,(H,45,49)(H,46,50)(H,51,52)(H,53,54). The van der Waals surface area contributed by atoms with Crippen LogP contribution in [0.15, 0.2) is 60.9 Å². The Morgan fingerprint density at radius 1 is 0.661 bits per heavy atom. The number of likely N-dealkylation sites (tertiary alicyclic amines) is 2. The van der Waals surface area contributed by atoms with Gasteiger partial charge in [-0.3, -0.25) is 38.9 Å². The summed E-state index contributed by atoms with van der Waals surface area (Å²) in [5.74, 6) is -1.87. The molecule has 2 aliphatic heterocycles. The Morgan fingerprint density at radius 2 is 1.04 bits per heavy atom. The highest BCUT2D eigenvalue weighted by Gasteiger charge is 2.27. The van der Waals surface area contributed by atoms with Gasteiger partial charge >= 0.3 is 11.9 Å². The van der Waals surface area contributed by atoms with E-state index in [1.54, 1.807) is 38.7 Å². The van der Waals surface area contributed by atoms with E-state index in [0.717, 1.165) is 33.4 Å². The smallest absolute Gasteiger partial charge is 0.306 e. The quantitative estimate of drug-likeness (QED) is 0.127. The van der Waals surface area contributed by atoms with Crippen LogP contribution in [-0.2, 0) is 22.7 Å². The zero-order valence-corrected chi connectivity index (χ0v) is 32.1. The van der Waals surface area contributed by atoms with Crippen molar-refractivity contribution in [3.63, 3.8) is 0 Å². The number of carbonyl (C=O) groups excluding carboxylic acids is 2. The highest BCUT2D eigenvalue weighted by atomic mass is 16.5. The molecule has 2 saturated heterocycles. The first kappa shape index (κ1) is 39.8. The topological polar surface area (TPSA) is 184 Å². The average molecular weight is 765 g/mol. The molecule has 0 spiro atoms. The van der Waals surface area contributed by atoms with Crippen LogP contribution in [0.25, 0.3) is 11.1 Å². The summed E-state index contributed by atoms with van der Waals surface area (Å²) in [4.78, 5) is 62.9. The predicted molar refractivity (Wildman–Crippen MR) is 210 cm³/mol. The summed E-state index contributed by atoms with van der Waals surface area (Å²) in [5.41, 5.74) is 6.64. The number of aromatic nitrogens is 2. The lowest BCUT2D eigenvalue weighted by Gasteiger charge is -2.30. The molecule has 56 heavy (non-hydrogen) atoms. The molecule has 4 heterocycles. The van der Waals surface area contributed by atoms with Crippen molar-refractivity contribution >= 4 is 35.1 Å². The molecule has 0 unspecified atom stereocenters. The molecule has 0 bridgehead atoms. The van der Waals surface area contributed by atoms with Gasteiger partial charge in [-0.2, -0.15) is 0 Å². The van der Waals surface area contributed by atoms with E-state index in [1.807, 2.05) is 50.2 Å². The number of amides is 2. The minimum atomic E-state index is -0.753. The molecular weight excluding hydrogens is 716 g/mol. The van der Waals surface area contributed by atoms with Gasteiger partial charge in [0.2, 0.25) is 0 Å². The van der Waals surface area contributed by atoms with Crippen LogP contribution < -0.4 is 20.1 Å². The number of hydrogen-bond acceptors (Lipinski definition) is 10. The summed E-state index contributed by atoms with van der Waals surface area (Å²) in [6.07, 6.45) is 5.63. The zero-order chi connectivity index (χ0) is 39.9. The van der Waals surface area contributed by atoms with Gasteiger partial charge in [-0.25, -0.2) is 0 Å². The van der Waals surface area contributed by atoms with Crippen molar-refractivity contribution in [2.75, 3.05) is 51.0 Å². The van der Waals surface area contributed by atoms with Crippen molar-refractivity contribution < 1.29 is 38.9 Å². The minimum Gasteiger partial charge on any atom is -0.496 e. The highest BCUT2D eigenvalue weighted by molar-refractivity contribution is 6.05. The van der Waals surface area contributed by atoms with Crippen LogP contribution in [0, 0.1) is 25.7 Å². The van der Waals surface area contributed by atoms with Crippen molar-refractivity contribution in [1.29, 1.82) is 0 Å². The maximum absolute atomic E-state index is 13.5. The van der Waals surface area contributed by atoms with E-state index in [0.29, 0.717) is 87.8 Å². The van der Waals surface area contributed by atoms with Crippen molar-refractivity contribution in [2.45, 2.75) is 52.6 Å². The number of carbonyl (C=O) groups is 4. The fourth-order valence-corrected chi connectivity index (χ4v) is 7.45. The van der Waals surface area contributed by atoms with Crippen LogP contribution in [0.4, 0.5) is 11.4 Å². The molecule has 2 aromatic heterocycles. The number of aliphatic carboxylic acids is 2. The Morgan fingerprint density at radius 3 is 1.38 bits per heavy atom. The van der Waals surface area contributed by atoms with E-state index in [1.165, 1.54) is 0 Å². The molecular formula is C42H48N6O8. The van der Waals surface area contributed by atoms with Crippen molar-refractivity contribution in [2.24, 2.45) is 11.8 Å². The lowest BCUT2D eigenvalue weighted by Crippen LogP contribution is -2.36. The highest BCUT2D eigenvalue weighted by Crippen LogP contribution is 2.35. The minimum absolute atomic E-state index is 0.194. The molecule has 2 aromatic carbocycles. The van der Waals surface area contributed by atoms with E-state index < -0.39 is 23.8 Å². The van der Waals surface area contributed by atoms with Gasteiger partial charge in [-0.05, 0) is 100 Å². The molecule has 4 aromatic rings. The van der Waals surface area contributed by atoms with E-state index in [9.17, 15) is 29.4 Å². The van der Waals surface area contributed by atoms with Gasteiger partial charge in [0, 0.05) is 60.1 Å². The van der Waals surface area contributed by atoms with Gasteiger partial charge in [0.15, 0.2) is 0 Å². The van der Waals surface area contributed by atoms with E-state index in [2.05, 4.69) is 30.4 Å². The van der Waals surface area contributed by atoms with E-state index in [-0.39, 0.29) is 23.2 Å². The molecule has 14 nitrogen and oxygen atoms in total. The molecule has 4 N–H and O–H groups in total. The zero-order valence-electron chi connectivity index (χ0n) is 32.1. The number of carboxylic acid groups (broad SMARTS) is 2. The number of hydrogen-bond donors (Lipinski definition) is 4. The SMILES string of the molecule is COc1cc(C(=O)Nc2cccc(-c3cccc(NC(=O)c4cc(OC)c(CN5CCC(C(=O)O)CC5)cn4)c3C)c2C)ncc1CN1CCC(C(=O)O)CC1. The summed E-state index contributed by atoms with van der Waals surface area (Å²) in [7, 11) is 3.09. The third-order valence-electron chi connectivity index (χ3n) is 10.9.